The van der Waals surface area contributed by atoms with Crippen molar-refractivity contribution in [3.63, 3.8) is 0 Å². The van der Waals surface area contributed by atoms with Crippen molar-refractivity contribution in [2.24, 2.45) is 0 Å². The van der Waals surface area contributed by atoms with Gasteiger partial charge in [0, 0.05) is 36.5 Å². The lowest BCUT2D eigenvalue weighted by atomic mass is 9.89. The Balaban J connectivity index is 1.59. The summed E-state index contributed by atoms with van der Waals surface area (Å²) < 4.78 is 13.4. The first-order chi connectivity index (χ1) is 13.6. The molecule has 1 aliphatic heterocycles. The molecule has 0 amide bonds. The van der Waals surface area contributed by atoms with Gasteiger partial charge in [0.1, 0.15) is 11.6 Å². The minimum Gasteiger partial charge on any atom is -0.297 e. The Bertz CT molecular complexity index is 955. The Morgan fingerprint density at radius 3 is 2.68 bits per heavy atom. The number of aromatic nitrogens is 3. The van der Waals surface area contributed by atoms with Crippen LogP contribution < -0.4 is 0 Å². The highest BCUT2D eigenvalue weighted by molar-refractivity contribution is 5.65. The van der Waals surface area contributed by atoms with E-state index in [0.29, 0.717) is 5.92 Å². The van der Waals surface area contributed by atoms with Crippen LogP contribution >= 0.6 is 0 Å². The van der Waals surface area contributed by atoms with Crippen molar-refractivity contribution in [2.75, 3.05) is 13.1 Å². The Kier molecular flexibility index (Phi) is 5.44. The van der Waals surface area contributed by atoms with Crippen LogP contribution in [0.15, 0.2) is 48.7 Å². The van der Waals surface area contributed by atoms with Crippen LogP contribution in [0, 0.1) is 19.7 Å². The largest absolute Gasteiger partial charge is 0.297 e. The first-order valence-electron chi connectivity index (χ1n) is 9.83. The number of rotatable bonds is 4. The normalized spacial score (nSPS) is 17.6. The molecule has 1 unspecified atom stereocenters. The second-order valence-electron chi connectivity index (χ2n) is 7.57. The van der Waals surface area contributed by atoms with Crippen LogP contribution in [0.1, 0.15) is 41.7 Å². The molecule has 1 atom stereocenters. The highest BCUT2D eigenvalue weighted by Crippen LogP contribution is 2.33. The van der Waals surface area contributed by atoms with Crippen molar-refractivity contribution in [3.05, 3.63) is 77.4 Å². The van der Waals surface area contributed by atoms with E-state index in [9.17, 15) is 4.39 Å². The van der Waals surface area contributed by atoms with Gasteiger partial charge in [0.15, 0.2) is 0 Å². The maximum Gasteiger partial charge on any atom is 0.125 e. The number of hydrogen-bond donors (Lipinski definition) is 0. The summed E-state index contributed by atoms with van der Waals surface area (Å²) in [6.45, 7) is 6.83. The first kappa shape index (κ1) is 18.7. The third kappa shape index (κ3) is 4.25. The lowest BCUT2D eigenvalue weighted by Crippen LogP contribution is -2.34. The van der Waals surface area contributed by atoms with Gasteiger partial charge in [0.05, 0.1) is 11.4 Å². The topological polar surface area (TPSA) is 41.9 Å². The molecule has 0 saturated carbocycles. The summed E-state index contributed by atoms with van der Waals surface area (Å²) >= 11 is 0. The summed E-state index contributed by atoms with van der Waals surface area (Å²) in [6, 6.07) is 12.8. The molecule has 1 aromatic carbocycles. The summed E-state index contributed by atoms with van der Waals surface area (Å²) in [6.07, 6.45) is 4.11. The molecule has 2 aromatic heterocycles. The van der Waals surface area contributed by atoms with Gasteiger partial charge in [-0.05, 0) is 63.1 Å². The van der Waals surface area contributed by atoms with E-state index in [1.165, 1.54) is 12.1 Å². The summed E-state index contributed by atoms with van der Waals surface area (Å²) in [5.41, 5.74) is 5.20. The molecule has 0 N–H and O–H groups in total. The zero-order valence-electron chi connectivity index (χ0n) is 16.4. The highest BCUT2D eigenvalue weighted by Gasteiger charge is 2.25. The second kappa shape index (κ2) is 8.15. The average Bonchev–Trinajstić information content (AvgIpc) is 2.69. The smallest absolute Gasteiger partial charge is 0.125 e. The van der Waals surface area contributed by atoms with E-state index in [-0.39, 0.29) is 5.82 Å². The van der Waals surface area contributed by atoms with Crippen LogP contribution in [-0.2, 0) is 6.54 Å². The van der Waals surface area contributed by atoms with E-state index in [4.69, 9.17) is 4.98 Å². The minimum absolute atomic E-state index is 0.229. The predicted molar refractivity (Wildman–Crippen MR) is 108 cm³/mol. The number of likely N-dealkylation sites (tertiary alicyclic amines) is 1. The van der Waals surface area contributed by atoms with Crippen LogP contribution in [-0.4, -0.2) is 32.9 Å². The molecule has 4 nitrogen and oxygen atoms in total. The zero-order chi connectivity index (χ0) is 19.5. The Morgan fingerprint density at radius 1 is 1.07 bits per heavy atom. The standard InChI is InChI=1S/C23H25FN4/c1-16-5-3-7-21(26-16)15-28-12-4-6-19(14-28)23-22(13-25-17(2)27-23)18-8-10-20(24)11-9-18/h3,5,7-11,13,19H,4,6,12,14-15H2,1-2H3. The third-order valence-corrected chi connectivity index (χ3v) is 5.32. The van der Waals surface area contributed by atoms with Crippen molar-refractivity contribution in [3.8, 4) is 11.1 Å². The molecular weight excluding hydrogens is 351 g/mol. The van der Waals surface area contributed by atoms with E-state index < -0.39 is 0 Å². The molecule has 3 aromatic rings. The first-order valence-corrected chi connectivity index (χ1v) is 9.83. The summed E-state index contributed by atoms with van der Waals surface area (Å²) in [4.78, 5) is 16.3. The Hall–Kier alpha value is -2.66. The van der Waals surface area contributed by atoms with Gasteiger partial charge in [-0.1, -0.05) is 18.2 Å². The monoisotopic (exact) mass is 376 g/mol. The molecule has 1 fully saturated rings. The molecule has 3 heterocycles. The molecule has 4 rings (SSSR count). The number of aryl methyl sites for hydroxylation is 2. The van der Waals surface area contributed by atoms with Crippen molar-refractivity contribution < 1.29 is 4.39 Å². The molecule has 28 heavy (non-hydrogen) atoms. The fourth-order valence-corrected chi connectivity index (χ4v) is 3.99. The van der Waals surface area contributed by atoms with Crippen LogP contribution in [0.3, 0.4) is 0 Å². The average molecular weight is 376 g/mol. The molecule has 1 saturated heterocycles. The van der Waals surface area contributed by atoms with Gasteiger partial charge in [-0.3, -0.25) is 9.88 Å². The van der Waals surface area contributed by atoms with E-state index in [1.54, 1.807) is 0 Å². The molecule has 0 spiro atoms. The van der Waals surface area contributed by atoms with E-state index >= 15 is 0 Å². The number of piperidine rings is 1. The van der Waals surface area contributed by atoms with Gasteiger partial charge in [-0.25, -0.2) is 14.4 Å². The van der Waals surface area contributed by atoms with Gasteiger partial charge in [-0.15, -0.1) is 0 Å². The number of halogens is 1. The van der Waals surface area contributed by atoms with Gasteiger partial charge in [0.25, 0.3) is 0 Å². The number of nitrogens with zero attached hydrogens (tertiary/aromatic N) is 4. The van der Waals surface area contributed by atoms with Crippen LogP contribution in [0.25, 0.3) is 11.1 Å². The molecule has 0 radical (unpaired) electrons. The minimum atomic E-state index is -0.229. The quantitative estimate of drug-likeness (QED) is 0.663. The van der Waals surface area contributed by atoms with Gasteiger partial charge in [0.2, 0.25) is 0 Å². The molecule has 0 aliphatic carbocycles. The van der Waals surface area contributed by atoms with Crippen molar-refractivity contribution in [2.45, 2.75) is 39.2 Å². The predicted octanol–water partition coefficient (Wildman–Crippen LogP) is 4.67. The van der Waals surface area contributed by atoms with E-state index in [0.717, 1.165) is 66.5 Å². The Morgan fingerprint density at radius 2 is 1.89 bits per heavy atom. The molecule has 5 heteroatoms. The summed E-state index contributed by atoms with van der Waals surface area (Å²) in [5.74, 6) is 0.881. The highest BCUT2D eigenvalue weighted by atomic mass is 19.1. The fourth-order valence-electron chi connectivity index (χ4n) is 3.99. The molecular formula is C23H25FN4. The fraction of sp³-hybridized carbons (Fsp3) is 0.348. The lowest BCUT2D eigenvalue weighted by molar-refractivity contribution is 0.196. The van der Waals surface area contributed by atoms with E-state index in [1.807, 2.05) is 38.2 Å². The SMILES string of the molecule is Cc1cccc(CN2CCCC(c3nc(C)ncc3-c3ccc(F)cc3)C2)n1. The van der Waals surface area contributed by atoms with Crippen LogP contribution in [0.4, 0.5) is 4.39 Å². The summed E-state index contributed by atoms with van der Waals surface area (Å²) in [5, 5.41) is 0. The maximum atomic E-state index is 13.4. The van der Waals surface area contributed by atoms with Crippen molar-refractivity contribution in [1.29, 1.82) is 0 Å². The van der Waals surface area contributed by atoms with Gasteiger partial charge in [-0.2, -0.15) is 0 Å². The zero-order valence-corrected chi connectivity index (χ0v) is 16.4. The van der Waals surface area contributed by atoms with Crippen molar-refractivity contribution in [1.82, 2.24) is 19.9 Å². The third-order valence-electron chi connectivity index (χ3n) is 5.32. The lowest BCUT2D eigenvalue weighted by Gasteiger charge is -2.33. The number of benzene rings is 1. The molecule has 144 valence electrons. The maximum absolute atomic E-state index is 13.4. The molecule has 0 bridgehead atoms. The van der Waals surface area contributed by atoms with E-state index in [2.05, 4.69) is 27.0 Å². The van der Waals surface area contributed by atoms with Crippen LogP contribution in [0.2, 0.25) is 0 Å². The molecule has 1 aliphatic rings. The van der Waals surface area contributed by atoms with Gasteiger partial charge < -0.3 is 0 Å². The number of pyridine rings is 1. The van der Waals surface area contributed by atoms with Crippen molar-refractivity contribution >= 4 is 0 Å². The summed E-state index contributed by atoms with van der Waals surface area (Å²) in [7, 11) is 0. The Labute approximate surface area is 165 Å². The van der Waals surface area contributed by atoms with Gasteiger partial charge >= 0.3 is 0 Å². The second-order valence-corrected chi connectivity index (χ2v) is 7.57. The number of hydrogen-bond acceptors (Lipinski definition) is 4. The van der Waals surface area contributed by atoms with Crippen LogP contribution in [0.5, 0.6) is 0 Å².